The molecule has 9 nitrogen and oxygen atoms in total. The van der Waals surface area contributed by atoms with Crippen LogP contribution in [0.5, 0.6) is 0 Å². The number of amides is 1. The van der Waals surface area contributed by atoms with Crippen molar-refractivity contribution in [2.24, 2.45) is 0 Å². The quantitative estimate of drug-likeness (QED) is 0.615. The van der Waals surface area contributed by atoms with Crippen LogP contribution in [0.4, 0.5) is 11.4 Å². The molecule has 2 aromatic carbocycles. The monoisotopic (exact) mass is 448 g/mol. The molecule has 1 amide bonds. The first kappa shape index (κ1) is 23.9. The van der Waals surface area contributed by atoms with Gasteiger partial charge in [-0.1, -0.05) is 19.1 Å². The first-order valence-corrected chi connectivity index (χ1v) is 11.1. The summed E-state index contributed by atoms with van der Waals surface area (Å²) in [5.74, 6) is -2.09. The van der Waals surface area contributed by atoms with Crippen molar-refractivity contribution in [3.8, 4) is 0 Å². The highest BCUT2D eigenvalue weighted by atomic mass is 32.2. The molecular formula is C21H24N2O7S. The van der Waals surface area contributed by atoms with E-state index in [-0.39, 0.29) is 16.8 Å². The van der Waals surface area contributed by atoms with Crippen LogP contribution in [0, 0.1) is 0 Å². The number of carbonyl (C=O) groups excluding carboxylic acids is 3. The highest BCUT2D eigenvalue weighted by Gasteiger charge is 2.22. The highest BCUT2D eigenvalue weighted by molar-refractivity contribution is 7.92. The Kier molecular flexibility index (Phi) is 7.76. The van der Waals surface area contributed by atoms with E-state index < -0.39 is 34.4 Å². The maximum atomic E-state index is 12.6. The van der Waals surface area contributed by atoms with E-state index in [4.69, 9.17) is 0 Å². The largest absolute Gasteiger partial charge is 0.465 e. The van der Waals surface area contributed by atoms with E-state index in [9.17, 15) is 22.8 Å². The summed E-state index contributed by atoms with van der Waals surface area (Å²) >= 11 is 0. The minimum absolute atomic E-state index is 0.0239. The number of hydrogen-bond acceptors (Lipinski definition) is 7. The summed E-state index contributed by atoms with van der Waals surface area (Å²) in [5.41, 5.74) is 1.53. The number of aryl methyl sites for hydroxylation is 1. The smallest absolute Gasteiger partial charge is 0.337 e. The molecule has 0 heterocycles. The first-order chi connectivity index (χ1) is 14.6. The lowest BCUT2D eigenvalue weighted by atomic mass is 10.1. The summed E-state index contributed by atoms with van der Waals surface area (Å²) in [6.07, 6.45) is 1.79. The lowest BCUT2D eigenvalue weighted by Crippen LogP contribution is -2.37. The van der Waals surface area contributed by atoms with Crippen molar-refractivity contribution in [1.29, 1.82) is 0 Å². The fourth-order valence-corrected chi connectivity index (χ4v) is 3.66. The van der Waals surface area contributed by atoms with E-state index >= 15 is 0 Å². The molecule has 0 aliphatic rings. The second-order valence-electron chi connectivity index (χ2n) is 6.62. The maximum absolute atomic E-state index is 12.6. The molecule has 1 N–H and O–H groups in total. The van der Waals surface area contributed by atoms with Crippen molar-refractivity contribution in [2.45, 2.75) is 13.3 Å². The van der Waals surface area contributed by atoms with Crippen molar-refractivity contribution in [1.82, 2.24) is 0 Å². The molecule has 0 saturated heterocycles. The van der Waals surface area contributed by atoms with Crippen molar-refractivity contribution in [2.75, 3.05) is 36.6 Å². The van der Waals surface area contributed by atoms with Gasteiger partial charge in [0.15, 0.2) is 0 Å². The summed E-state index contributed by atoms with van der Waals surface area (Å²) in [5, 5.41) is 2.51. The number of rotatable bonds is 8. The SMILES string of the molecule is CCc1ccc(N(CC(=O)Nc2cc(C(=O)OC)cc(C(=O)OC)c2)S(C)(=O)=O)cc1. The molecule has 0 aliphatic carbocycles. The lowest BCUT2D eigenvalue weighted by molar-refractivity contribution is -0.114. The van der Waals surface area contributed by atoms with Crippen molar-refractivity contribution in [3.05, 3.63) is 59.2 Å². The molecule has 0 spiro atoms. The van der Waals surface area contributed by atoms with Gasteiger partial charge in [0.05, 0.1) is 37.3 Å². The van der Waals surface area contributed by atoms with Crippen LogP contribution >= 0.6 is 0 Å². The zero-order valence-corrected chi connectivity index (χ0v) is 18.5. The Morgan fingerprint density at radius 1 is 0.935 bits per heavy atom. The Morgan fingerprint density at radius 2 is 1.45 bits per heavy atom. The number of ether oxygens (including phenoxy) is 2. The number of carbonyl (C=O) groups is 3. The molecule has 0 aromatic heterocycles. The van der Waals surface area contributed by atoms with Crippen LogP contribution < -0.4 is 9.62 Å². The van der Waals surface area contributed by atoms with Gasteiger partial charge in [-0.25, -0.2) is 18.0 Å². The number of methoxy groups -OCH3 is 2. The van der Waals surface area contributed by atoms with Gasteiger partial charge in [-0.15, -0.1) is 0 Å². The average molecular weight is 448 g/mol. The third-order valence-corrected chi connectivity index (χ3v) is 5.52. The third-order valence-electron chi connectivity index (χ3n) is 4.38. The topological polar surface area (TPSA) is 119 Å². The fourth-order valence-electron chi connectivity index (χ4n) is 2.80. The van der Waals surface area contributed by atoms with Gasteiger partial charge in [0.25, 0.3) is 0 Å². The van der Waals surface area contributed by atoms with Crippen LogP contribution in [0.1, 0.15) is 33.2 Å². The molecule has 0 unspecified atom stereocenters. The van der Waals surface area contributed by atoms with Crippen LogP contribution in [-0.4, -0.2) is 53.3 Å². The van der Waals surface area contributed by atoms with E-state index in [1.54, 1.807) is 24.3 Å². The second-order valence-corrected chi connectivity index (χ2v) is 8.53. The van der Waals surface area contributed by atoms with Crippen LogP contribution in [0.3, 0.4) is 0 Å². The minimum Gasteiger partial charge on any atom is -0.465 e. The summed E-state index contributed by atoms with van der Waals surface area (Å²) in [6.45, 7) is 1.47. The Balaban J connectivity index is 2.31. The molecule has 0 atom stereocenters. The van der Waals surface area contributed by atoms with Gasteiger partial charge in [-0.2, -0.15) is 0 Å². The highest BCUT2D eigenvalue weighted by Crippen LogP contribution is 2.20. The standard InChI is InChI=1S/C21H24N2O7S/c1-5-14-6-8-18(9-7-14)23(31(4,27)28)13-19(24)22-17-11-15(20(25)29-2)10-16(12-17)21(26)30-3/h6-12H,5,13H2,1-4H3,(H,22,24). The van der Waals surface area contributed by atoms with E-state index in [1.807, 2.05) is 6.92 Å². The number of nitrogens with zero attached hydrogens (tertiary/aromatic N) is 1. The van der Waals surface area contributed by atoms with Crippen molar-refractivity contribution >= 4 is 39.2 Å². The Morgan fingerprint density at radius 3 is 1.87 bits per heavy atom. The normalized spacial score (nSPS) is 10.8. The summed E-state index contributed by atoms with van der Waals surface area (Å²) < 4.78 is 34.8. The van der Waals surface area contributed by atoms with Crippen LogP contribution in [-0.2, 0) is 30.7 Å². The summed E-state index contributed by atoms with van der Waals surface area (Å²) in [4.78, 5) is 36.4. The molecule has 0 bridgehead atoms. The minimum atomic E-state index is -3.75. The van der Waals surface area contributed by atoms with Crippen LogP contribution in [0.15, 0.2) is 42.5 Å². The van der Waals surface area contributed by atoms with Crippen LogP contribution in [0.2, 0.25) is 0 Å². The van der Waals surface area contributed by atoms with Gasteiger partial charge < -0.3 is 14.8 Å². The molecule has 0 radical (unpaired) electrons. The van der Waals surface area contributed by atoms with E-state index in [0.717, 1.165) is 22.5 Å². The van der Waals surface area contributed by atoms with E-state index in [0.29, 0.717) is 5.69 Å². The molecule has 2 rings (SSSR count). The molecule has 166 valence electrons. The Labute approximate surface area is 181 Å². The van der Waals surface area contributed by atoms with Crippen molar-refractivity contribution in [3.63, 3.8) is 0 Å². The van der Waals surface area contributed by atoms with Gasteiger partial charge in [-0.05, 0) is 42.3 Å². The second kappa shape index (κ2) is 10.1. The summed E-state index contributed by atoms with van der Waals surface area (Å²) in [7, 11) is -1.39. The predicted molar refractivity (Wildman–Crippen MR) is 116 cm³/mol. The van der Waals surface area contributed by atoms with Gasteiger partial charge in [0, 0.05) is 5.69 Å². The first-order valence-electron chi connectivity index (χ1n) is 9.27. The number of benzene rings is 2. The molecule has 10 heteroatoms. The number of sulfonamides is 1. The van der Waals surface area contributed by atoms with E-state index in [2.05, 4.69) is 14.8 Å². The number of nitrogens with one attached hydrogen (secondary N) is 1. The molecule has 31 heavy (non-hydrogen) atoms. The molecule has 0 fully saturated rings. The predicted octanol–water partition coefficient (Wildman–Crippen LogP) is 2.23. The number of esters is 2. The zero-order valence-electron chi connectivity index (χ0n) is 17.7. The Hall–Kier alpha value is -3.40. The van der Waals surface area contributed by atoms with E-state index in [1.165, 1.54) is 32.4 Å². The fraction of sp³-hybridized carbons (Fsp3) is 0.286. The lowest BCUT2D eigenvalue weighted by Gasteiger charge is -2.22. The molecule has 0 aliphatic heterocycles. The summed E-state index contributed by atoms with van der Waals surface area (Å²) in [6, 6.07) is 10.7. The van der Waals surface area contributed by atoms with Gasteiger partial charge in [-0.3, -0.25) is 9.10 Å². The van der Waals surface area contributed by atoms with Gasteiger partial charge >= 0.3 is 11.9 Å². The van der Waals surface area contributed by atoms with Gasteiger partial charge in [0.2, 0.25) is 15.9 Å². The van der Waals surface area contributed by atoms with Gasteiger partial charge in [0.1, 0.15) is 6.54 Å². The molecular weight excluding hydrogens is 424 g/mol. The van der Waals surface area contributed by atoms with Crippen molar-refractivity contribution < 1.29 is 32.3 Å². The Bertz CT molecular complexity index is 1050. The molecule has 2 aromatic rings. The average Bonchev–Trinajstić information content (AvgIpc) is 2.75. The zero-order chi connectivity index (χ0) is 23.2. The number of anilines is 2. The number of hydrogen-bond donors (Lipinski definition) is 1. The third kappa shape index (κ3) is 6.29. The molecule has 0 saturated carbocycles. The maximum Gasteiger partial charge on any atom is 0.337 e. The van der Waals surface area contributed by atoms with Crippen LogP contribution in [0.25, 0.3) is 0 Å².